The zero-order valence-electron chi connectivity index (χ0n) is 12.1. The van der Waals surface area contributed by atoms with E-state index in [0.717, 1.165) is 25.8 Å². The van der Waals surface area contributed by atoms with Crippen molar-refractivity contribution in [3.05, 3.63) is 18.5 Å². The first-order chi connectivity index (χ1) is 9.54. The van der Waals surface area contributed by atoms with E-state index >= 15 is 0 Å². The topological polar surface area (TPSA) is 71.1 Å². The number of pyridine rings is 1. The third-order valence-electron chi connectivity index (χ3n) is 3.84. The Hall–Kier alpha value is -1.14. The van der Waals surface area contributed by atoms with E-state index in [2.05, 4.69) is 15.0 Å². The van der Waals surface area contributed by atoms with Crippen molar-refractivity contribution in [2.75, 3.05) is 11.9 Å². The molecule has 1 aliphatic carbocycles. The molecule has 1 saturated carbocycles. The Morgan fingerprint density at radius 3 is 2.80 bits per heavy atom. The van der Waals surface area contributed by atoms with Crippen molar-refractivity contribution in [1.82, 2.24) is 9.71 Å². The van der Waals surface area contributed by atoms with Crippen LogP contribution in [0.2, 0.25) is 0 Å². The minimum atomic E-state index is -3.52. The quantitative estimate of drug-likeness (QED) is 0.810. The van der Waals surface area contributed by atoms with Crippen LogP contribution in [0.15, 0.2) is 23.4 Å². The van der Waals surface area contributed by atoms with Gasteiger partial charge in [0.2, 0.25) is 10.0 Å². The van der Waals surface area contributed by atoms with Crippen molar-refractivity contribution >= 4 is 15.7 Å². The summed E-state index contributed by atoms with van der Waals surface area (Å²) in [7, 11) is -3.52. The van der Waals surface area contributed by atoms with Crippen LogP contribution in [0.3, 0.4) is 0 Å². The van der Waals surface area contributed by atoms with Crippen LogP contribution in [0.25, 0.3) is 0 Å². The van der Waals surface area contributed by atoms with Gasteiger partial charge in [0.25, 0.3) is 0 Å². The molecule has 1 aliphatic rings. The van der Waals surface area contributed by atoms with Crippen molar-refractivity contribution in [1.29, 1.82) is 0 Å². The lowest BCUT2D eigenvalue weighted by atomic mass is 9.81. The normalized spacial score (nSPS) is 17.5. The second kappa shape index (κ2) is 6.54. The summed E-state index contributed by atoms with van der Waals surface area (Å²) in [5.41, 5.74) is 0.621. The van der Waals surface area contributed by atoms with Crippen LogP contribution in [0.4, 0.5) is 5.69 Å². The number of anilines is 1. The van der Waals surface area contributed by atoms with E-state index in [1.54, 1.807) is 12.3 Å². The summed E-state index contributed by atoms with van der Waals surface area (Å²) in [5.74, 6) is 0.466. The summed E-state index contributed by atoms with van der Waals surface area (Å²) in [6, 6.07) is 1.69. The first-order valence-corrected chi connectivity index (χ1v) is 8.73. The van der Waals surface area contributed by atoms with Gasteiger partial charge in [0, 0.05) is 25.0 Å². The van der Waals surface area contributed by atoms with Gasteiger partial charge in [-0.2, -0.15) is 0 Å². The third kappa shape index (κ3) is 3.49. The van der Waals surface area contributed by atoms with Gasteiger partial charge in [-0.05, 0) is 38.2 Å². The summed E-state index contributed by atoms with van der Waals surface area (Å²) in [6.07, 6.45) is 7.37. The lowest BCUT2D eigenvalue weighted by Crippen LogP contribution is -2.40. The van der Waals surface area contributed by atoms with Gasteiger partial charge in [-0.1, -0.05) is 13.3 Å². The van der Waals surface area contributed by atoms with Gasteiger partial charge in [-0.25, -0.2) is 13.1 Å². The zero-order valence-corrected chi connectivity index (χ0v) is 12.9. The Morgan fingerprint density at radius 2 is 2.20 bits per heavy atom. The van der Waals surface area contributed by atoms with Crippen molar-refractivity contribution in [2.45, 2.75) is 50.5 Å². The second-order valence-corrected chi connectivity index (χ2v) is 7.08. The molecule has 1 atom stereocenters. The van der Waals surface area contributed by atoms with Gasteiger partial charge in [0.15, 0.2) is 0 Å². The van der Waals surface area contributed by atoms with Crippen LogP contribution >= 0.6 is 0 Å². The zero-order chi connectivity index (χ0) is 14.6. The van der Waals surface area contributed by atoms with Crippen LogP contribution < -0.4 is 10.0 Å². The van der Waals surface area contributed by atoms with E-state index in [1.165, 1.54) is 12.6 Å². The average Bonchev–Trinajstić information content (AvgIpc) is 2.33. The van der Waals surface area contributed by atoms with Crippen molar-refractivity contribution in [3.8, 4) is 0 Å². The fraction of sp³-hybridized carbons (Fsp3) is 0.643. The molecule has 1 heterocycles. The van der Waals surface area contributed by atoms with E-state index in [9.17, 15) is 8.42 Å². The summed E-state index contributed by atoms with van der Waals surface area (Å²) >= 11 is 0. The van der Waals surface area contributed by atoms with E-state index < -0.39 is 10.0 Å². The molecular weight excluding hydrogens is 274 g/mol. The maximum absolute atomic E-state index is 12.5. The van der Waals surface area contributed by atoms with Crippen LogP contribution in [0.1, 0.15) is 39.5 Å². The molecule has 5 nitrogen and oxygen atoms in total. The standard InChI is InChI=1S/C14H23N3O2S/c1-3-8-16-13-7-9-15-10-14(13)20(18,19)17-11(2)12-5-4-6-12/h7,9-12,17H,3-6,8H2,1-2H3,(H,15,16). The Bertz CT molecular complexity index is 541. The largest absolute Gasteiger partial charge is 0.384 e. The Labute approximate surface area is 121 Å². The molecule has 0 bridgehead atoms. The summed E-state index contributed by atoms with van der Waals surface area (Å²) in [5, 5.41) is 3.14. The molecule has 0 spiro atoms. The number of hydrogen-bond donors (Lipinski definition) is 2. The monoisotopic (exact) mass is 297 g/mol. The number of hydrogen-bond acceptors (Lipinski definition) is 4. The molecular formula is C14H23N3O2S. The number of rotatable bonds is 7. The van der Waals surface area contributed by atoms with Crippen molar-refractivity contribution < 1.29 is 8.42 Å². The average molecular weight is 297 g/mol. The molecule has 6 heteroatoms. The van der Waals surface area contributed by atoms with Gasteiger partial charge >= 0.3 is 0 Å². The molecule has 1 unspecified atom stereocenters. The molecule has 1 aromatic rings. The van der Waals surface area contributed by atoms with E-state index in [4.69, 9.17) is 0 Å². The molecule has 0 radical (unpaired) electrons. The second-order valence-electron chi connectivity index (χ2n) is 5.40. The van der Waals surface area contributed by atoms with Crippen LogP contribution in [-0.4, -0.2) is 26.0 Å². The fourth-order valence-electron chi connectivity index (χ4n) is 2.34. The van der Waals surface area contributed by atoms with Gasteiger partial charge in [0.1, 0.15) is 4.90 Å². The summed E-state index contributed by atoms with van der Waals surface area (Å²) in [6.45, 7) is 4.72. The highest BCUT2D eigenvalue weighted by Crippen LogP contribution is 2.30. The van der Waals surface area contributed by atoms with E-state index in [0.29, 0.717) is 11.6 Å². The number of nitrogens with zero attached hydrogens (tertiary/aromatic N) is 1. The molecule has 112 valence electrons. The predicted molar refractivity (Wildman–Crippen MR) is 80.1 cm³/mol. The molecule has 2 N–H and O–H groups in total. The Morgan fingerprint density at radius 1 is 1.45 bits per heavy atom. The molecule has 0 amide bonds. The van der Waals surface area contributed by atoms with Gasteiger partial charge < -0.3 is 5.32 Å². The molecule has 0 aromatic carbocycles. The van der Waals surface area contributed by atoms with Gasteiger partial charge in [-0.3, -0.25) is 4.98 Å². The maximum atomic E-state index is 12.5. The number of nitrogens with one attached hydrogen (secondary N) is 2. The van der Waals surface area contributed by atoms with Crippen molar-refractivity contribution in [3.63, 3.8) is 0 Å². The first-order valence-electron chi connectivity index (χ1n) is 7.25. The van der Waals surface area contributed by atoms with Gasteiger partial charge in [0.05, 0.1) is 5.69 Å². The molecule has 2 rings (SSSR count). The number of aromatic nitrogens is 1. The number of sulfonamides is 1. The third-order valence-corrected chi connectivity index (χ3v) is 5.42. The van der Waals surface area contributed by atoms with E-state index in [-0.39, 0.29) is 10.9 Å². The first kappa shape index (κ1) is 15.3. The van der Waals surface area contributed by atoms with E-state index in [1.807, 2.05) is 13.8 Å². The van der Waals surface area contributed by atoms with Crippen LogP contribution in [0.5, 0.6) is 0 Å². The Kier molecular flexibility index (Phi) is 4.99. The summed E-state index contributed by atoms with van der Waals surface area (Å²) < 4.78 is 27.7. The molecule has 20 heavy (non-hydrogen) atoms. The molecule has 0 aliphatic heterocycles. The lowest BCUT2D eigenvalue weighted by Gasteiger charge is -2.31. The molecule has 1 aromatic heterocycles. The van der Waals surface area contributed by atoms with Crippen LogP contribution in [-0.2, 0) is 10.0 Å². The minimum Gasteiger partial charge on any atom is -0.384 e. The fourth-order valence-corrected chi connectivity index (χ4v) is 3.78. The molecule has 0 saturated heterocycles. The smallest absolute Gasteiger partial charge is 0.244 e. The maximum Gasteiger partial charge on any atom is 0.244 e. The SMILES string of the molecule is CCCNc1ccncc1S(=O)(=O)NC(C)C1CCC1. The lowest BCUT2D eigenvalue weighted by molar-refractivity contribution is 0.260. The highest BCUT2D eigenvalue weighted by molar-refractivity contribution is 7.89. The Balaban J connectivity index is 2.15. The minimum absolute atomic E-state index is 0.0204. The highest BCUT2D eigenvalue weighted by Gasteiger charge is 2.29. The molecule has 1 fully saturated rings. The predicted octanol–water partition coefficient (Wildman–Crippen LogP) is 2.37. The highest BCUT2D eigenvalue weighted by atomic mass is 32.2. The van der Waals surface area contributed by atoms with Crippen molar-refractivity contribution in [2.24, 2.45) is 5.92 Å². The van der Waals surface area contributed by atoms with Gasteiger partial charge in [-0.15, -0.1) is 0 Å². The summed E-state index contributed by atoms with van der Waals surface area (Å²) in [4.78, 5) is 4.18. The van der Waals surface area contributed by atoms with Crippen LogP contribution in [0, 0.1) is 5.92 Å².